The maximum atomic E-state index is 12.0. The molecule has 1 amide bonds. The van der Waals surface area contributed by atoms with Crippen molar-refractivity contribution in [1.29, 1.82) is 5.26 Å². The fourth-order valence-corrected chi connectivity index (χ4v) is 1.55. The molecule has 1 rings (SSSR count). The van der Waals surface area contributed by atoms with E-state index in [-0.39, 0.29) is 19.1 Å². The molecule has 0 fully saturated rings. The van der Waals surface area contributed by atoms with Crippen LogP contribution in [0.4, 0.5) is 0 Å². The summed E-state index contributed by atoms with van der Waals surface area (Å²) in [4.78, 5) is 13.4. The molecule has 0 aliphatic heterocycles. The highest BCUT2D eigenvalue weighted by molar-refractivity contribution is 5.94. The van der Waals surface area contributed by atoms with Gasteiger partial charge in [0.2, 0.25) is 0 Å². The molecule has 1 unspecified atom stereocenters. The van der Waals surface area contributed by atoms with Gasteiger partial charge in [0.25, 0.3) is 5.91 Å². The molecule has 0 aliphatic carbocycles. The lowest BCUT2D eigenvalue weighted by molar-refractivity contribution is 0.0380. The second-order valence-electron chi connectivity index (χ2n) is 3.98. The molecule has 1 aromatic rings. The number of aliphatic hydroxyl groups excluding tert-OH is 1. The van der Waals surface area contributed by atoms with Gasteiger partial charge >= 0.3 is 0 Å². The van der Waals surface area contributed by atoms with Crippen LogP contribution in [0, 0.1) is 11.3 Å². The Morgan fingerprint density at radius 3 is 2.61 bits per heavy atom. The first-order chi connectivity index (χ1) is 8.58. The van der Waals surface area contributed by atoms with E-state index < -0.39 is 6.10 Å². The molecule has 5 heteroatoms. The fourth-order valence-electron chi connectivity index (χ4n) is 1.55. The largest absolute Gasteiger partial charge is 0.389 e. The van der Waals surface area contributed by atoms with E-state index in [0.717, 1.165) is 0 Å². The Hall–Kier alpha value is -1.90. The third-order valence-corrected chi connectivity index (χ3v) is 2.45. The number of carbonyl (C=O) groups is 1. The zero-order chi connectivity index (χ0) is 13.5. The van der Waals surface area contributed by atoms with Gasteiger partial charge in [0.1, 0.15) is 0 Å². The van der Waals surface area contributed by atoms with Gasteiger partial charge in [-0.2, -0.15) is 5.26 Å². The van der Waals surface area contributed by atoms with Gasteiger partial charge < -0.3 is 14.7 Å². The summed E-state index contributed by atoms with van der Waals surface area (Å²) in [5.41, 5.74) is 0.995. The first-order valence-electron chi connectivity index (χ1n) is 5.51. The number of methoxy groups -OCH3 is 1. The standard InChI is InChI=1S/C13H16N2O3/c1-15(8-12(16)9-18-2)13(17)11-5-3-10(7-14)4-6-11/h3-6,12,16H,8-9H2,1-2H3. The summed E-state index contributed by atoms with van der Waals surface area (Å²) in [7, 11) is 3.10. The van der Waals surface area contributed by atoms with Crippen molar-refractivity contribution in [3.63, 3.8) is 0 Å². The van der Waals surface area contributed by atoms with Crippen molar-refractivity contribution in [3.05, 3.63) is 35.4 Å². The van der Waals surface area contributed by atoms with E-state index in [1.165, 1.54) is 12.0 Å². The van der Waals surface area contributed by atoms with Crippen LogP contribution < -0.4 is 0 Å². The predicted molar refractivity (Wildman–Crippen MR) is 66.0 cm³/mol. The van der Waals surface area contributed by atoms with Crippen molar-refractivity contribution in [2.45, 2.75) is 6.10 Å². The number of amides is 1. The maximum absolute atomic E-state index is 12.0. The smallest absolute Gasteiger partial charge is 0.253 e. The third kappa shape index (κ3) is 3.84. The molecule has 0 saturated carbocycles. The van der Waals surface area contributed by atoms with Gasteiger partial charge in [-0.25, -0.2) is 0 Å². The Balaban J connectivity index is 2.65. The van der Waals surface area contributed by atoms with Crippen LogP contribution in [-0.4, -0.2) is 49.3 Å². The van der Waals surface area contributed by atoms with Crippen LogP contribution in [0.5, 0.6) is 0 Å². The minimum absolute atomic E-state index is 0.186. The number of rotatable bonds is 5. The molecule has 1 aromatic carbocycles. The number of hydrogen-bond donors (Lipinski definition) is 1. The summed E-state index contributed by atoms with van der Waals surface area (Å²) in [6.07, 6.45) is -0.706. The number of nitrogens with zero attached hydrogens (tertiary/aromatic N) is 2. The number of benzene rings is 1. The number of ether oxygens (including phenoxy) is 1. The minimum atomic E-state index is -0.706. The molecule has 18 heavy (non-hydrogen) atoms. The molecule has 96 valence electrons. The number of nitriles is 1. The highest BCUT2D eigenvalue weighted by atomic mass is 16.5. The van der Waals surface area contributed by atoms with Crippen LogP contribution in [0.25, 0.3) is 0 Å². The second-order valence-corrected chi connectivity index (χ2v) is 3.98. The Morgan fingerprint density at radius 2 is 2.11 bits per heavy atom. The highest BCUT2D eigenvalue weighted by Gasteiger charge is 2.15. The van der Waals surface area contributed by atoms with E-state index >= 15 is 0 Å². The number of carbonyl (C=O) groups excluding carboxylic acids is 1. The van der Waals surface area contributed by atoms with E-state index in [2.05, 4.69) is 0 Å². The number of aliphatic hydroxyl groups is 1. The van der Waals surface area contributed by atoms with Crippen molar-refractivity contribution >= 4 is 5.91 Å². The molecule has 0 aromatic heterocycles. The van der Waals surface area contributed by atoms with Gasteiger partial charge in [-0.05, 0) is 24.3 Å². The Morgan fingerprint density at radius 1 is 1.50 bits per heavy atom. The molecule has 0 spiro atoms. The summed E-state index contributed by atoms with van der Waals surface area (Å²) >= 11 is 0. The van der Waals surface area contributed by atoms with Crippen molar-refractivity contribution in [2.75, 3.05) is 27.3 Å². The third-order valence-electron chi connectivity index (χ3n) is 2.45. The van der Waals surface area contributed by atoms with E-state index in [0.29, 0.717) is 11.1 Å². The molecule has 0 heterocycles. The van der Waals surface area contributed by atoms with E-state index in [4.69, 9.17) is 10.00 Å². The van der Waals surface area contributed by atoms with Crippen LogP contribution >= 0.6 is 0 Å². The summed E-state index contributed by atoms with van der Waals surface area (Å²) in [5.74, 6) is -0.199. The van der Waals surface area contributed by atoms with Gasteiger partial charge in [0.05, 0.1) is 24.3 Å². The normalized spacial score (nSPS) is 11.7. The molecule has 0 aliphatic rings. The Labute approximate surface area is 106 Å². The van der Waals surface area contributed by atoms with Crippen molar-refractivity contribution in [3.8, 4) is 6.07 Å². The monoisotopic (exact) mass is 248 g/mol. The van der Waals surface area contributed by atoms with Crippen LogP contribution in [0.2, 0.25) is 0 Å². The number of hydrogen-bond acceptors (Lipinski definition) is 4. The van der Waals surface area contributed by atoms with E-state index in [1.54, 1.807) is 31.3 Å². The predicted octanol–water partition coefficient (Wildman–Crippen LogP) is 0.638. The summed E-state index contributed by atoms with van der Waals surface area (Å²) in [6.45, 7) is 0.387. The molecule has 5 nitrogen and oxygen atoms in total. The second kappa shape index (κ2) is 6.74. The van der Waals surface area contributed by atoms with Crippen molar-refractivity contribution in [1.82, 2.24) is 4.90 Å². The van der Waals surface area contributed by atoms with Gasteiger partial charge in [-0.3, -0.25) is 4.79 Å². The SMILES string of the molecule is COCC(O)CN(C)C(=O)c1ccc(C#N)cc1. The van der Waals surface area contributed by atoms with Crippen LogP contribution in [0.3, 0.4) is 0 Å². The van der Waals surface area contributed by atoms with Gasteiger partial charge in [-0.15, -0.1) is 0 Å². The van der Waals surface area contributed by atoms with Crippen LogP contribution in [0.15, 0.2) is 24.3 Å². The van der Waals surface area contributed by atoms with Gasteiger partial charge in [0.15, 0.2) is 0 Å². The lowest BCUT2D eigenvalue weighted by atomic mass is 10.1. The summed E-state index contributed by atoms with van der Waals surface area (Å²) < 4.78 is 4.80. The average Bonchev–Trinajstić information content (AvgIpc) is 2.38. The first-order valence-corrected chi connectivity index (χ1v) is 5.51. The quantitative estimate of drug-likeness (QED) is 0.829. The first kappa shape index (κ1) is 14.2. The lowest BCUT2D eigenvalue weighted by Gasteiger charge is -2.20. The van der Waals surface area contributed by atoms with Crippen molar-refractivity contribution < 1.29 is 14.6 Å². The van der Waals surface area contributed by atoms with Gasteiger partial charge in [-0.1, -0.05) is 0 Å². The Bertz CT molecular complexity index is 437. The van der Waals surface area contributed by atoms with E-state index in [9.17, 15) is 9.90 Å². The molecular formula is C13H16N2O3. The number of likely N-dealkylation sites (N-methyl/N-ethyl adjacent to an activating group) is 1. The zero-order valence-electron chi connectivity index (χ0n) is 10.5. The van der Waals surface area contributed by atoms with Crippen molar-refractivity contribution in [2.24, 2.45) is 0 Å². The molecule has 0 radical (unpaired) electrons. The molecule has 1 atom stereocenters. The lowest BCUT2D eigenvalue weighted by Crippen LogP contribution is -2.36. The summed E-state index contributed by atoms with van der Waals surface area (Å²) in [6, 6.07) is 8.36. The van der Waals surface area contributed by atoms with E-state index in [1.807, 2.05) is 6.07 Å². The van der Waals surface area contributed by atoms with Gasteiger partial charge in [0, 0.05) is 26.3 Å². The summed E-state index contributed by atoms with van der Waals surface area (Å²) in [5, 5.41) is 18.2. The zero-order valence-corrected chi connectivity index (χ0v) is 10.5. The van der Waals surface area contributed by atoms with Crippen LogP contribution in [-0.2, 0) is 4.74 Å². The molecule has 0 bridgehead atoms. The minimum Gasteiger partial charge on any atom is -0.389 e. The average molecular weight is 248 g/mol. The molecular weight excluding hydrogens is 232 g/mol. The highest BCUT2D eigenvalue weighted by Crippen LogP contribution is 2.06. The topological polar surface area (TPSA) is 73.6 Å². The van der Waals surface area contributed by atoms with Crippen LogP contribution in [0.1, 0.15) is 15.9 Å². The molecule has 1 N–H and O–H groups in total. The molecule has 0 saturated heterocycles. The maximum Gasteiger partial charge on any atom is 0.253 e. The fraction of sp³-hybridized carbons (Fsp3) is 0.385. The Kier molecular flexibility index (Phi) is 5.31.